The van der Waals surface area contributed by atoms with E-state index in [1.807, 2.05) is 7.05 Å². The number of nitrogens with zero attached hydrogens (tertiary/aromatic N) is 2. The third-order valence-corrected chi connectivity index (χ3v) is 1.89. The molecule has 0 aromatic carbocycles. The molecule has 0 atom stereocenters. The lowest BCUT2D eigenvalue weighted by Gasteiger charge is -1.94. The average Bonchev–Trinajstić information content (AvgIpc) is 2.71. The Hall–Kier alpha value is -2.04. The zero-order valence-corrected chi connectivity index (χ0v) is 7.47. The van der Waals surface area contributed by atoms with Gasteiger partial charge in [-0.25, -0.2) is 9.78 Å². The van der Waals surface area contributed by atoms with Crippen molar-refractivity contribution in [2.24, 2.45) is 7.05 Å². The van der Waals surface area contributed by atoms with Crippen LogP contribution >= 0.6 is 0 Å². The number of aromatic carboxylic acids is 1. The third-order valence-electron chi connectivity index (χ3n) is 1.89. The lowest BCUT2D eigenvalue weighted by Crippen LogP contribution is -1.92. The quantitative estimate of drug-likeness (QED) is 0.780. The van der Waals surface area contributed by atoms with Crippen LogP contribution < -0.4 is 0 Å². The van der Waals surface area contributed by atoms with Crippen molar-refractivity contribution in [3.8, 4) is 11.6 Å². The van der Waals surface area contributed by atoms with Gasteiger partial charge < -0.3 is 14.1 Å². The van der Waals surface area contributed by atoms with Crippen molar-refractivity contribution in [2.75, 3.05) is 0 Å². The molecule has 0 aliphatic rings. The zero-order chi connectivity index (χ0) is 10.1. The summed E-state index contributed by atoms with van der Waals surface area (Å²) in [5.74, 6) is 0.0570. The molecular weight excluding hydrogens is 184 g/mol. The second kappa shape index (κ2) is 3.02. The number of imidazole rings is 1. The Kier molecular flexibility index (Phi) is 1.85. The van der Waals surface area contributed by atoms with Gasteiger partial charge in [-0.3, -0.25) is 0 Å². The van der Waals surface area contributed by atoms with Crippen molar-refractivity contribution in [1.29, 1.82) is 0 Å². The first kappa shape index (κ1) is 8.55. The molecule has 0 unspecified atom stereocenters. The van der Waals surface area contributed by atoms with Gasteiger partial charge in [-0.1, -0.05) is 0 Å². The number of furan rings is 1. The summed E-state index contributed by atoms with van der Waals surface area (Å²) in [6.45, 7) is 0. The van der Waals surface area contributed by atoms with E-state index in [0.29, 0.717) is 11.6 Å². The molecular formula is C9H8N2O3. The van der Waals surface area contributed by atoms with Gasteiger partial charge in [0.05, 0.1) is 5.56 Å². The van der Waals surface area contributed by atoms with Crippen molar-refractivity contribution >= 4 is 5.97 Å². The third kappa shape index (κ3) is 1.28. The molecule has 2 heterocycles. The van der Waals surface area contributed by atoms with Gasteiger partial charge in [0.15, 0.2) is 11.6 Å². The van der Waals surface area contributed by atoms with E-state index >= 15 is 0 Å². The zero-order valence-electron chi connectivity index (χ0n) is 7.47. The molecule has 0 radical (unpaired) electrons. The minimum absolute atomic E-state index is 0.128. The molecule has 2 aromatic rings. The summed E-state index contributed by atoms with van der Waals surface area (Å²) < 4.78 is 6.84. The molecule has 0 spiro atoms. The Balaban J connectivity index is 2.43. The topological polar surface area (TPSA) is 68.3 Å². The van der Waals surface area contributed by atoms with Gasteiger partial charge in [-0.2, -0.15) is 0 Å². The van der Waals surface area contributed by atoms with Crippen LogP contribution in [-0.2, 0) is 7.05 Å². The first-order valence-corrected chi connectivity index (χ1v) is 3.98. The molecule has 0 saturated carbocycles. The highest BCUT2D eigenvalue weighted by atomic mass is 16.4. The van der Waals surface area contributed by atoms with E-state index in [0.717, 1.165) is 0 Å². The van der Waals surface area contributed by atoms with Gasteiger partial charge in [0, 0.05) is 25.5 Å². The fourth-order valence-corrected chi connectivity index (χ4v) is 1.17. The van der Waals surface area contributed by atoms with Crippen molar-refractivity contribution in [2.45, 2.75) is 0 Å². The minimum Gasteiger partial charge on any atom is -0.478 e. The highest BCUT2D eigenvalue weighted by Crippen LogP contribution is 2.19. The second-order valence-electron chi connectivity index (χ2n) is 2.87. The first-order valence-electron chi connectivity index (χ1n) is 3.98. The molecule has 0 amide bonds. The summed E-state index contributed by atoms with van der Waals surface area (Å²) in [5.41, 5.74) is 0.128. The van der Waals surface area contributed by atoms with Crippen molar-refractivity contribution in [3.63, 3.8) is 0 Å². The van der Waals surface area contributed by atoms with Crippen LogP contribution in [0.25, 0.3) is 11.6 Å². The second-order valence-corrected chi connectivity index (χ2v) is 2.87. The summed E-state index contributed by atoms with van der Waals surface area (Å²) >= 11 is 0. The van der Waals surface area contributed by atoms with E-state index in [2.05, 4.69) is 4.98 Å². The van der Waals surface area contributed by atoms with Crippen molar-refractivity contribution < 1.29 is 14.3 Å². The van der Waals surface area contributed by atoms with Crippen LogP contribution in [-0.4, -0.2) is 20.6 Å². The highest BCUT2D eigenvalue weighted by molar-refractivity contribution is 5.88. The lowest BCUT2D eigenvalue weighted by atomic mass is 10.3. The molecule has 1 N–H and O–H groups in total. The van der Waals surface area contributed by atoms with E-state index in [-0.39, 0.29) is 5.56 Å². The summed E-state index contributed by atoms with van der Waals surface area (Å²) in [6, 6.07) is 1.45. The smallest absolute Gasteiger partial charge is 0.338 e. The summed E-state index contributed by atoms with van der Waals surface area (Å²) in [5, 5.41) is 8.68. The summed E-state index contributed by atoms with van der Waals surface area (Å²) in [4.78, 5) is 14.6. The molecule has 0 aliphatic carbocycles. The molecule has 0 aliphatic heterocycles. The number of aryl methyl sites for hydroxylation is 1. The van der Waals surface area contributed by atoms with Gasteiger partial charge >= 0.3 is 5.97 Å². The van der Waals surface area contributed by atoms with Crippen molar-refractivity contribution in [1.82, 2.24) is 9.55 Å². The van der Waals surface area contributed by atoms with E-state index in [1.54, 1.807) is 17.0 Å². The lowest BCUT2D eigenvalue weighted by molar-refractivity contribution is 0.0696. The Labute approximate surface area is 79.6 Å². The Morgan fingerprint density at radius 1 is 1.64 bits per heavy atom. The normalized spacial score (nSPS) is 10.4. The molecule has 0 saturated heterocycles. The Morgan fingerprint density at radius 3 is 2.93 bits per heavy atom. The van der Waals surface area contributed by atoms with E-state index in [4.69, 9.17) is 9.52 Å². The number of aromatic nitrogens is 2. The summed E-state index contributed by atoms with van der Waals surface area (Å²) in [6.07, 6.45) is 4.59. The van der Waals surface area contributed by atoms with Crippen LogP contribution in [0.4, 0.5) is 0 Å². The Morgan fingerprint density at radius 2 is 2.43 bits per heavy atom. The molecule has 0 bridgehead atoms. The number of carboxylic acids is 1. The number of carboxylic acid groups (broad SMARTS) is 1. The maximum Gasteiger partial charge on any atom is 0.338 e. The van der Waals surface area contributed by atoms with Gasteiger partial charge in [0.2, 0.25) is 0 Å². The summed E-state index contributed by atoms with van der Waals surface area (Å²) in [7, 11) is 1.81. The molecule has 14 heavy (non-hydrogen) atoms. The number of hydrogen-bond donors (Lipinski definition) is 1. The number of hydrogen-bond acceptors (Lipinski definition) is 3. The maximum absolute atomic E-state index is 10.6. The van der Waals surface area contributed by atoms with Crippen LogP contribution in [0.1, 0.15) is 10.4 Å². The highest BCUT2D eigenvalue weighted by Gasteiger charge is 2.12. The van der Waals surface area contributed by atoms with Crippen LogP contribution in [0.15, 0.2) is 29.1 Å². The fraction of sp³-hybridized carbons (Fsp3) is 0.111. The molecule has 72 valence electrons. The SMILES string of the molecule is Cn1ccnc1-c1cc(C(=O)O)co1. The molecule has 2 aromatic heterocycles. The minimum atomic E-state index is -1.01. The predicted octanol–water partition coefficient (Wildman–Crippen LogP) is 1.38. The van der Waals surface area contributed by atoms with Gasteiger partial charge in [0.1, 0.15) is 6.26 Å². The van der Waals surface area contributed by atoms with Crippen LogP contribution in [0.2, 0.25) is 0 Å². The fourth-order valence-electron chi connectivity index (χ4n) is 1.17. The van der Waals surface area contributed by atoms with E-state index in [9.17, 15) is 4.79 Å². The van der Waals surface area contributed by atoms with E-state index < -0.39 is 5.97 Å². The first-order chi connectivity index (χ1) is 6.68. The number of carbonyl (C=O) groups is 1. The maximum atomic E-state index is 10.6. The van der Waals surface area contributed by atoms with Gasteiger partial charge in [-0.15, -0.1) is 0 Å². The molecule has 5 heteroatoms. The predicted molar refractivity (Wildman–Crippen MR) is 47.9 cm³/mol. The van der Waals surface area contributed by atoms with Crippen molar-refractivity contribution in [3.05, 3.63) is 30.3 Å². The van der Waals surface area contributed by atoms with Crippen LogP contribution in [0.5, 0.6) is 0 Å². The molecule has 2 rings (SSSR count). The molecule has 0 fully saturated rings. The monoisotopic (exact) mass is 192 g/mol. The standard InChI is InChI=1S/C9H8N2O3/c1-11-3-2-10-8(11)7-4-6(5-14-7)9(12)13/h2-5H,1H3,(H,12,13). The average molecular weight is 192 g/mol. The van der Waals surface area contributed by atoms with Gasteiger partial charge in [-0.05, 0) is 0 Å². The largest absolute Gasteiger partial charge is 0.478 e. The van der Waals surface area contributed by atoms with E-state index in [1.165, 1.54) is 12.3 Å². The van der Waals surface area contributed by atoms with Gasteiger partial charge in [0.25, 0.3) is 0 Å². The molecule has 5 nitrogen and oxygen atoms in total. The van der Waals surface area contributed by atoms with Crippen LogP contribution in [0, 0.1) is 0 Å². The number of rotatable bonds is 2. The Bertz CT molecular complexity index is 470. The van der Waals surface area contributed by atoms with Crippen LogP contribution in [0.3, 0.4) is 0 Å².